The number of carbonyl (C=O) groups excluding carboxylic acids is 1. The minimum Gasteiger partial charge on any atom is -0.343 e. The van der Waals surface area contributed by atoms with Crippen LogP contribution in [0.1, 0.15) is 64.7 Å². The molecule has 0 atom stereocenters. The smallest absolute Gasteiger partial charge is 0.222 e. The van der Waals surface area contributed by atoms with Gasteiger partial charge in [-0.05, 0) is 62.8 Å². The van der Waals surface area contributed by atoms with Crippen molar-refractivity contribution in [2.24, 2.45) is 23.5 Å². The van der Waals surface area contributed by atoms with E-state index in [4.69, 9.17) is 5.73 Å². The summed E-state index contributed by atoms with van der Waals surface area (Å²) in [5.41, 5.74) is 5.73. The minimum atomic E-state index is 0.413. The van der Waals surface area contributed by atoms with Gasteiger partial charge in [-0.25, -0.2) is 0 Å². The van der Waals surface area contributed by atoms with Crippen LogP contribution in [-0.4, -0.2) is 30.4 Å². The Bertz CT molecular complexity index is 289. The van der Waals surface area contributed by atoms with E-state index in [2.05, 4.69) is 11.8 Å². The SMILES string of the molecule is CCCC1CCN(C(=O)CC2CCC(CN)CC2)CC1. The molecule has 3 heteroatoms. The molecule has 0 spiro atoms. The average molecular weight is 280 g/mol. The van der Waals surface area contributed by atoms with Crippen LogP contribution in [0.25, 0.3) is 0 Å². The van der Waals surface area contributed by atoms with Crippen LogP contribution in [-0.2, 0) is 4.79 Å². The molecule has 2 fully saturated rings. The lowest BCUT2D eigenvalue weighted by Gasteiger charge is -2.34. The number of hydrogen-bond acceptors (Lipinski definition) is 2. The van der Waals surface area contributed by atoms with Crippen LogP contribution in [0.5, 0.6) is 0 Å². The van der Waals surface area contributed by atoms with Crippen molar-refractivity contribution in [2.75, 3.05) is 19.6 Å². The van der Waals surface area contributed by atoms with Gasteiger partial charge in [0.05, 0.1) is 0 Å². The third kappa shape index (κ3) is 4.47. The third-order valence-corrected chi connectivity index (χ3v) is 5.43. The van der Waals surface area contributed by atoms with Crippen molar-refractivity contribution < 1.29 is 4.79 Å². The van der Waals surface area contributed by atoms with Gasteiger partial charge in [-0.3, -0.25) is 4.79 Å². The number of rotatable bonds is 5. The fraction of sp³-hybridized carbons (Fsp3) is 0.941. The number of piperidine rings is 1. The molecule has 0 aromatic rings. The molecule has 2 N–H and O–H groups in total. The summed E-state index contributed by atoms with van der Waals surface area (Å²) in [6.45, 7) is 5.09. The molecule has 1 saturated carbocycles. The molecule has 1 heterocycles. The van der Waals surface area contributed by atoms with Crippen LogP contribution in [0, 0.1) is 17.8 Å². The molecule has 1 amide bonds. The summed E-state index contributed by atoms with van der Waals surface area (Å²) in [7, 11) is 0. The highest BCUT2D eigenvalue weighted by Crippen LogP contribution is 2.31. The van der Waals surface area contributed by atoms with Crippen LogP contribution in [0.2, 0.25) is 0 Å². The van der Waals surface area contributed by atoms with E-state index in [0.717, 1.165) is 32.0 Å². The van der Waals surface area contributed by atoms with Crippen LogP contribution in [0.15, 0.2) is 0 Å². The number of nitrogens with zero attached hydrogens (tertiary/aromatic N) is 1. The van der Waals surface area contributed by atoms with Crippen molar-refractivity contribution in [3.05, 3.63) is 0 Å². The topological polar surface area (TPSA) is 46.3 Å². The van der Waals surface area contributed by atoms with E-state index in [1.54, 1.807) is 0 Å². The van der Waals surface area contributed by atoms with Gasteiger partial charge in [0.15, 0.2) is 0 Å². The molecular weight excluding hydrogens is 248 g/mol. The van der Waals surface area contributed by atoms with Crippen LogP contribution in [0.3, 0.4) is 0 Å². The molecule has 0 bridgehead atoms. The van der Waals surface area contributed by atoms with Gasteiger partial charge in [-0.2, -0.15) is 0 Å². The zero-order valence-corrected chi connectivity index (χ0v) is 13.2. The fourth-order valence-corrected chi connectivity index (χ4v) is 3.93. The molecule has 0 unspecified atom stereocenters. The second kappa shape index (κ2) is 8.02. The predicted octanol–water partition coefficient (Wildman–Crippen LogP) is 3.18. The van der Waals surface area contributed by atoms with Crippen LogP contribution >= 0.6 is 0 Å². The van der Waals surface area contributed by atoms with Gasteiger partial charge in [0, 0.05) is 19.5 Å². The van der Waals surface area contributed by atoms with Crippen molar-refractivity contribution in [2.45, 2.75) is 64.7 Å². The van der Waals surface area contributed by atoms with Crippen molar-refractivity contribution in [1.82, 2.24) is 4.90 Å². The first-order valence-electron chi connectivity index (χ1n) is 8.70. The zero-order chi connectivity index (χ0) is 14.4. The highest BCUT2D eigenvalue weighted by molar-refractivity contribution is 5.76. The van der Waals surface area contributed by atoms with Gasteiger partial charge in [0.25, 0.3) is 0 Å². The van der Waals surface area contributed by atoms with Crippen LogP contribution < -0.4 is 5.73 Å². The Hall–Kier alpha value is -0.570. The molecular formula is C17H32N2O. The van der Waals surface area contributed by atoms with Gasteiger partial charge < -0.3 is 10.6 Å². The Kier molecular flexibility index (Phi) is 6.34. The molecule has 2 aliphatic rings. The first-order valence-corrected chi connectivity index (χ1v) is 8.70. The normalized spacial score (nSPS) is 28.6. The molecule has 1 saturated heterocycles. The average Bonchev–Trinajstić information content (AvgIpc) is 2.49. The van der Waals surface area contributed by atoms with Gasteiger partial charge in [0.1, 0.15) is 0 Å². The zero-order valence-electron chi connectivity index (χ0n) is 13.2. The summed E-state index contributed by atoms with van der Waals surface area (Å²) in [6, 6.07) is 0. The highest BCUT2D eigenvalue weighted by Gasteiger charge is 2.26. The van der Waals surface area contributed by atoms with Crippen molar-refractivity contribution in [3.8, 4) is 0 Å². The third-order valence-electron chi connectivity index (χ3n) is 5.43. The lowest BCUT2D eigenvalue weighted by molar-refractivity contribution is -0.133. The fourth-order valence-electron chi connectivity index (χ4n) is 3.93. The van der Waals surface area contributed by atoms with E-state index >= 15 is 0 Å². The number of likely N-dealkylation sites (tertiary alicyclic amines) is 1. The van der Waals surface area contributed by atoms with Gasteiger partial charge >= 0.3 is 0 Å². The Balaban J connectivity index is 1.68. The second-order valence-electron chi connectivity index (χ2n) is 6.94. The summed E-state index contributed by atoms with van der Waals surface area (Å²) < 4.78 is 0. The molecule has 20 heavy (non-hydrogen) atoms. The van der Waals surface area contributed by atoms with E-state index in [9.17, 15) is 4.79 Å². The van der Waals surface area contributed by atoms with E-state index in [-0.39, 0.29) is 0 Å². The Morgan fingerprint density at radius 1 is 1.00 bits per heavy atom. The monoisotopic (exact) mass is 280 g/mol. The van der Waals surface area contributed by atoms with E-state index in [1.165, 1.54) is 51.4 Å². The number of carbonyl (C=O) groups is 1. The molecule has 3 nitrogen and oxygen atoms in total. The van der Waals surface area contributed by atoms with Crippen molar-refractivity contribution >= 4 is 5.91 Å². The summed E-state index contributed by atoms with van der Waals surface area (Å²) in [5.74, 6) is 2.62. The highest BCUT2D eigenvalue weighted by atomic mass is 16.2. The lowest BCUT2D eigenvalue weighted by Crippen LogP contribution is -2.39. The van der Waals surface area contributed by atoms with Crippen molar-refractivity contribution in [1.29, 1.82) is 0 Å². The van der Waals surface area contributed by atoms with Crippen molar-refractivity contribution in [3.63, 3.8) is 0 Å². The molecule has 1 aliphatic carbocycles. The Labute approximate surface area is 124 Å². The maximum Gasteiger partial charge on any atom is 0.222 e. The summed E-state index contributed by atoms with van der Waals surface area (Å²) in [5, 5.41) is 0. The summed E-state index contributed by atoms with van der Waals surface area (Å²) >= 11 is 0. The predicted molar refractivity (Wildman–Crippen MR) is 83.3 cm³/mol. The number of amides is 1. The molecule has 0 radical (unpaired) electrons. The van der Waals surface area contributed by atoms with Gasteiger partial charge in [-0.1, -0.05) is 19.8 Å². The molecule has 1 aliphatic heterocycles. The van der Waals surface area contributed by atoms with Gasteiger partial charge in [-0.15, -0.1) is 0 Å². The van der Waals surface area contributed by atoms with E-state index in [1.807, 2.05) is 0 Å². The largest absolute Gasteiger partial charge is 0.343 e. The maximum absolute atomic E-state index is 12.4. The molecule has 2 rings (SSSR count). The molecule has 0 aromatic heterocycles. The number of nitrogens with two attached hydrogens (primary N) is 1. The first-order chi connectivity index (χ1) is 9.72. The van der Waals surface area contributed by atoms with E-state index < -0.39 is 0 Å². The Morgan fingerprint density at radius 2 is 1.60 bits per heavy atom. The number of hydrogen-bond donors (Lipinski definition) is 1. The Morgan fingerprint density at radius 3 is 2.15 bits per heavy atom. The molecule has 0 aromatic carbocycles. The first kappa shape index (κ1) is 15.8. The summed E-state index contributed by atoms with van der Waals surface area (Å²) in [6.07, 6.45) is 10.7. The molecule has 116 valence electrons. The second-order valence-corrected chi connectivity index (χ2v) is 6.94. The quantitative estimate of drug-likeness (QED) is 0.840. The van der Waals surface area contributed by atoms with Gasteiger partial charge in [0.2, 0.25) is 5.91 Å². The van der Waals surface area contributed by atoms with Crippen LogP contribution in [0.4, 0.5) is 0 Å². The lowest BCUT2D eigenvalue weighted by atomic mass is 9.80. The summed E-state index contributed by atoms with van der Waals surface area (Å²) in [4.78, 5) is 14.5. The minimum absolute atomic E-state index is 0.413. The maximum atomic E-state index is 12.4. The standard InChI is InChI=1S/C17H32N2O/c1-2-3-14-8-10-19(11-9-14)17(20)12-15-4-6-16(13-18)7-5-15/h14-16H,2-13,18H2,1H3. The van der Waals surface area contributed by atoms with E-state index in [0.29, 0.717) is 17.7 Å².